The minimum absolute atomic E-state index is 0.453. The van der Waals surface area contributed by atoms with E-state index < -0.39 is 12.0 Å². The Kier molecular flexibility index (Phi) is 1.95. The van der Waals surface area contributed by atoms with Gasteiger partial charge in [0.25, 0.3) is 0 Å². The smallest absolute Gasteiger partial charge is 0.326 e. The zero-order valence-corrected chi connectivity index (χ0v) is 8.29. The topological polar surface area (TPSA) is 49.3 Å². The standard InChI is InChI=1S/C11H13NO2/c1-6-3-4-8-5-9(11(13)14)12-10(8)7(6)2/h3-4,9,12H,5H2,1-2H3,(H,13,14). The molecular formula is C11H13NO2. The van der Waals surface area contributed by atoms with Crippen LogP contribution in [0.25, 0.3) is 0 Å². The molecule has 14 heavy (non-hydrogen) atoms. The van der Waals surface area contributed by atoms with Crippen molar-refractivity contribution < 1.29 is 9.90 Å². The monoisotopic (exact) mass is 191 g/mol. The van der Waals surface area contributed by atoms with Crippen molar-refractivity contribution in [2.75, 3.05) is 5.32 Å². The third-order valence-electron chi connectivity index (χ3n) is 2.86. The molecule has 0 aliphatic carbocycles. The number of carbonyl (C=O) groups is 1. The molecule has 2 rings (SSSR count). The molecule has 1 aromatic rings. The van der Waals surface area contributed by atoms with E-state index in [4.69, 9.17) is 5.11 Å². The Morgan fingerprint density at radius 2 is 2.21 bits per heavy atom. The van der Waals surface area contributed by atoms with Crippen LogP contribution in [-0.4, -0.2) is 17.1 Å². The lowest BCUT2D eigenvalue weighted by atomic mass is 10.0. The molecule has 0 amide bonds. The molecule has 0 fully saturated rings. The first kappa shape index (κ1) is 9.06. The van der Waals surface area contributed by atoms with Crippen LogP contribution in [0.15, 0.2) is 12.1 Å². The number of anilines is 1. The average molecular weight is 191 g/mol. The van der Waals surface area contributed by atoms with Crippen molar-refractivity contribution in [2.45, 2.75) is 26.3 Å². The zero-order valence-electron chi connectivity index (χ0n) is 8.29. The Hall–Kier alpha value is -1.51. The van der Waals surface area contributed by atoms with Crippen LogP contribution in [0.4, 0.5) is 5.69 Å². The van der Waals surface area contributed by atoms with Crippen molar-refractivity contribution in [3.8, 4) is 0 Å². The Morgan fingerprint density at radius 1 is 1.50 bits per heavy atom. The van der Waals surface area contributed by atoms with Crippen molar-refractivity contribution in [2.24, 2.45) is 0 Å². The van der Waals surface area contributed by atoms with Gasteiger partial charge in [0.2, 0.25) is 0 Å². The fourth-order valence-corrected chi connectivity index (χ4v) is 1.84. The van der Waals surface area contributed by atoms with Crippen LogP contribution in [0.5, 0.6) is 0 Å². The molecule has 1 aliphatic rings. The number of hydrogen-bond donors (Lipinski definition) is 2. The van der Waals surface area contributed by atoms with Gasteiger partial charge in [0.1, 0.15) is 6.04 Å². The van der Waals surface area contributed by atoms with E-state index in [1.165, 1.54) is 5.56 Å². The highest BCUT2D eigenvalue weighted by atomic mass is 16.4. The highest BCUT2D eigenvalue weighted by molar-refractivity contribution is 5.82. The molecular weight excluding hydrogens is 178 g/mol. The quantitative estimate of drug-likeness (QED) is 0.710. The minimum Gasteiger partial charge on any atom is -0.480 e. The van der Waals surface area contributed by atoms with Gasteiger partial charge in [-0.15, -0.1) is 0 Å². The summed E-state index contributed by atoms with van der Waals surface area (Å²) in [6.07, 6.45) is 0.589. The van der Waals surface area contributed by atoms with Crippen molar-refractivity contribution in [3.05, 3.63) is 28.8 Å². The summed E-state index contributed by atoms with van der Waals surface area (Å²) in [7, 11) is 0. The molecule has 0 aromatic heterocycles. The van der Waals surface area contributed by atoms with Gasteiger partial charge in [0.15, 0.2) is 0 Å². The lowest BCUT2D eigenvalue weighted by Crippen LogP contribution is -2.26. The van der Waals surface area contributed by atoms with E-state index in [1.807, 2.05) is 26.0 Å². The van der Waals surface area contributed by atoms with Gasteiger partial charge in [-0.05, 0) is 30.5 Å². The summed E-state index contributed by atoms with van der Waals surface area (Å²) in [6, 6.07) is 3.60. The summed E-state index contributed by atoms with van der Waals surface area (Å²) in [5.74, 6) is -0.779. The predicted molar refractivity (Wildman–Crippen MR) is 54.7 cm³/mol. The number of carboxylic acids is 1. The number of aliphatic carboxylic acids is 1. The maximum Gasteiger partial charge on any atom is 0.326 e. The molecule has 1 atom stereocenters. The summed E-state index contributed by atoms with van der Waals surface area (Å²) in [6.45, 7) is 4.05. The molecule has 3 heteroatoms. The largest absolute Gasteiger partial charge is 0.480 e. The van der Waals surface area contributed by atoms with Crippen LogP contribution in [0.2, 0.25) is 0 Å². The Labute approximate surface area is 82.8 Å². The third-order valence-corrected chi connectivity index (χ3v) is 2.86. The van der Waals surface area contributed by atoms with Gasteiger partial charge in [-0.1, -0.05) is 12.1 Å². The second kappa shape index (κ2) is 3.01. The molecule has 0 radical (unpaired) electrons. The zero-order chi connectivity index (χ0) is 10.3. The maximum absolute atomic E-state index is 10.8. The average Bonchev–Trinajstić information content (AvgIpc) is 2.56. The highest BCUT2D eigenvalue weighted by Crippen LogP contribution is 2.30. The van der Waals surface area contributed by atoms with E-state index >= 15 is 0 Å². The maximum atomic E-state index is 10.8. The van der Waals surface area contributed by atoms with Gasteiger partial charge in [-0.3, -0.25) is 0 Å². The van der Waals surface area contributed by atoms with E-state index in [1.54, 1.807) is 0 Å². The molecule has 1 aromatic carbocycles. The Bertz CT molecular complexity index is 399. The molecule has 74 valence electrons. The van der Waals surface area contributed by atoms with Crippen LogP contribution in [-0.2, 0) is 11.2 Å². The molecule has 1 aliphatic heterocycles. The van der Waals surface area contributed by atoms with Crippen molar-refractivity contribution in [1.29, 1.82) is 0 Å². The Balaban J connectivity index is 2.40. The molecule has 0 saturated carbocycles. The highest BCUT2D eigenvalue weighted by Gasteiger charge is 2.27. The van der Waals surface area contributed by atoms with E-state index in [0.717, 1.165) is 16.8 Å². The fraction of sp³-hybridized carbons (Fsp3) is 0.364. The van der Waals surface area contributed by atoms with Gasteiger partial charge < -0.3 is 10.4 Å². The number of aryl methyl sites for hydroxylation is 1. The van der Waals surface area contributed by atoms with Gasteiger partial charge >= 0.3 is 5.97 Å². The van der Waals surface area contributed by atoms with Crippen LogP contribution in [0.1, 0.15) is 16.7 Å². The molecule has 1 heterocycles. The summed E-state index contributed by atoms with van der Waals surface area (Å²) < 4.78 is 0. The number of nitrogens with one attached hydrogen (secondary N) is 1. The molecule has 1 unspecified atom stereocenters. The first-order valence-electron chi connectivity index (χ1n) is 4.68. The second-order valence-corrected chi connectivity index (χ2v) is 3.78. The number of carboxylic acid groups (broad SMARTS) is 1. The summed E-state index contributed by atoms with van der Waals surface area (Å²) in [5, 5.41) is 11.9. The van der Waals surface area contributed by atoms with E-state index in [0.29, 0.717) is 6.42 Å². The van der Waals surface area contributed by atoms with Gasteiger partial charge in [-0.2, -0.15) is 0 Å². The first-order valence-corrected chi connectivity index (χ1v) is 4.68. The molecule has 0 saturated heterocycles. The Morgan fingerprint density at radius 3 is 2.86 bits per heavy atom. The van der Waals surface area contributed by atoms with Gasteiger partial charge in [-0.25, -0.2) is 4.79 Å². The lowest BCUT2D eigenvalue weighted by molar-refractivity contribution is -0.137. The van der Waals surface area contributed by atoms with Crippen LogP contribution >= 0.6 is 0 Å². The van der Waals surface area contributed by atoms with Crippen molar-refractivity contribution >= 4 is 11.7 Å². The van der Waals surface area contributed by atoms with E-state index in [2.05, 4.69) is 5.32 Å². The van der Waals surface area contributed by atoms with Crippen molar-refractivity contribution in [3.63, 3.8) is 0 Å². The fourth-order valence-electron chi connectivity index (χ4n) is 1.84. The number of rotatable bonds is 1. The SMILES string of the molecule is Cc1ccc2c(c1C)NC(C(=O)O)C2. The van der Waals surface area contributed by atoms with Crippen molar-refractivity contribution in [1.82, 2.24) is 0 Å². The number of hydrogen-bond acceptors (Lipinski definition) is 2. The van der Waals surface area contributed by atoms with E-state index in [9.17, 15) is 4.79 Å². The number of fused-ring (bicyclic) bond motifs is 1. The molecule has 3 nitrogen and oxygen atoms in total. The molecule has 0 spiro atoms. The van der Waals surface area contributed by atoms with Crippen LogP contribution in [0.3, 0.4) is 0 Å². The van der Waals surface area contributed by atoms with Crippen LogP contribution < -0.4 is 5.32 Å². The van der Waals surface area contributed by atoms with E-state index in [-0.39, 0.29) is 0 Å². The first-order chi connectivity index (χ1) is 6.59. The summed E-state index contributed by atoms with van der Waals surface area (Å²) >= 11 is 0. The second-order valence-electron chi connectivity index (χ2n) is 3.78. The van der Waals surface area contributed by atoms with Gasteiger partial charge in [0, 0.05) is 12.1 Å². The third kappa shape index (κ3) is 1.25. The normalized spacial score (nSPS) is 18.9. The predicted octanol–water partition coefficient (Wildman–Crippen LogP) is 1.72. The van der Waals surface area contributed by atoms with Crippen LogP contribution in [0, 0.1) is 13.8 Å². The lowest BCUT2D eigenvalue weighted by Gasteiger charge is -2.08. The van der Waals surface area contributed by atoms with Gasteiger partial charge in [0.05, 0.1) is 0 Å². The molecule has 0 bridgehead atoms. The number of benzene rings is 1. The molecule has 2 N–H and O–H groups in total. The minimum atomic E-state index is -0.779. The summed E-state index contributed by atoms with van der Waals surface area (Å²) in [4.78, 5) is 10.8. The summed E-state index contributed by atoms with van der Waals surface area (Å²) in [5.41, 5.74) is 4.48.